The topological polar surface area (TPSA) is 82.7 Å². The maximum absolute atomic E-state index is 12.2. The number of nitrogens with one attached hydrogen (secondary N) is 3. The lowest BCUT2D eigenvalue weighted by Crippen LogP contribution is -2.47. The van der Waals surface area contributed by atoms with Crippen molar-refractivity contribution in [2.45, 2.75) is 32.5 Å². The van der Waals surface area contributed by atoms with Crippen LogP contribution in [0.2, 0.25) is 0 Å². The molecule has 1 saturated heterocycles. The smallest absolute Gasteiger partial charge is 0.319 e. The minimum Gasteiger partial charge on any atom is -0.374 e. The first kappa shape index (κ1) is 21.8. The quantitative estimate of drug-likeness (QED) is 0.656. The standard InChI is InChI=1S/C23H30N4O3/c1-17(2)25-22(28)19-8-10-20(11-9-19)26-23(29)24-14-21-16-27(12-13-30-21)15-18-6-4-3-5-7-18/h3-11,17,21H,12-16H2,1-2H3,(H,25,28)(H2,24,26,29). The van der Waals surface area contributed by atoms with Gasteiger partial charge < -0.3 is 20.7 Å². The van der Waals surface area contributed by atoms with Crippen LogP contribution in [0.4, 0.5) is 10.5 Å². The number of urea groups is 1. The first-order valence-electron chi connectivity index (χ1n) is 10.3. The number of rotatable bonds is 7. The van der Waals surface area contributed by atoms with Crippen molar-refractivity contribution in [3.05, 3.63) is 65.7 Å². The van der Waals surface area contributed by atoms with E-state index in [2.05, 4.69) is 33.0 Å². The molecule has 30 heavy (non-hydrogen) atoms. The van der Waals surface area contributed by atoms with Gasteiger partial charge in [-0.2, -0.15) is 0 Å². The number of carbonyl (C=O) groups is 2. The number of ether oxygens (including phenoxy) is 1. The largest absolute Gasteiger partial charge is 0.374 e. The van der Waals surface area contributed by atoms with Crippen LogP contribution in [0.25, 0.3) is 0 Å². The van der Waals surface area contributed by atoms with E-state index in [9.17, 15) is 9.59 Å². The maximum atomic E-state index is 12.2. The Labute approximate surface area is 177 Å². The molecule has 160 valence electrons. The van der Waals surface area contributed by atoms with E-state index in [4.69, 9.17) is 4.74 Å². The van der Waals surface area contributed by atoms with Crippen molar-refractivity contribution in [3.63, 3.8) is 0 Å². The number of amides is 3. The molecule has 0 aliphatic carbocycles. The molecule has 7 nitrogen and oxygen atoms in total. The number of benzene rings is 2. The van der Waals surface area contributed by atoms with Crippen molar-refractivity contribution in [3.8, 4) is 0 Å². The highest BCUT2D eigenvalue weighted by molar-refractivity contribution is 5.95. The summed E-state index contributed by atoms with van der Waals surface area (Å²) in [6, 6.07) is 16.9. The molecular weight excluding hydrogens is 380 g/mol. The van der Waals surface area contributed by atoms with Crippen molar-refractivity contribution in [1.29, 1.82) is 0 Å². The molecular formula is C23H30N4O3. The highest BCUT2D eigenvalue weighted by atomic mass is 16.5. The van der Waals surface area contributed by atoms with E-state index in [1.54, 1.807) is 24.3 Å². The van der Waals surface area contributed by atoms with Crippen molar-refractivity contribution in [2.75, 3.05) is 31.6 Å². The van der Waals surface area contributed by atoms with Gasteiger partial charge in [-0.05, 0) is 43.7 Å². The zero-order valence-corrected chi connectivity index (χ0v) is 17.6. The number of anilines is 1. The maximum Gasteiger partial charge on any atom is 0.319 e. The Kier molecular flexibility index (Phi) is 7.82. The second kappa shape index (κ2) is 10.8. The molecule has 0 aromatic heterocycles. The van der Waals surface area contributed by atoms with E-state index in [0.717, 1.165) is 19.6 Å². The van der Waals surface area contributed by atoms with Crippen molar-refractivity contribution >= 4 is 17.6 Å². The minimum atomic E-state index is -0.293. The lowest BCUT2D eigenvalue weighted by Gasteiger charge is -2.33. The third-order valence-electron chi connectivity index (χ3n) is 4.79. The summed E-state index contributed by atoms with van der Waals surface area (Å²) in [6.45, 7) is 7.45. The Morgan fingerprint density at radius 2 is 1.83 bits per heavy atom. The molecule has 3 rings (SSSR count). The molecule has 3 amide bonds. The van der Waals surface area contributed by atoms with Gasteiger partial charge in [0.2, 0.25) is 0 Å². The van der Waals surface area contributed by atoms with Crippen molar-refractivity contribution < 1.29 is 14.3 Å². The van der Waals surface area contributed by atoms with Gasteiger partial charge in [0, 0.05) is 43.5 Å². The summed E-state index contributed by atoms with van der Waals surface area (Å²) >= 11 is 0. The van der Waals surface area contributed by atoms with Crippen LogP contribution in [0.3, 0.4) is 0 Å². The molecule has 1 atom stereocenters. The third-order valence-corrected chi connectivity index (χ3v) is 4.79. The summed E-state index contributed by atoms with van der Waals surface area (Å²) in [5.41, 5.74) is 2.46. The molecule has 0 saturated carbocycles. The predicted molar refractivity (Wildman–Crippen MR) is 118 cm³/mol. The average Bonchev–Trinajstić information content (AvgIpc) is 2.73. The van der Waals surface area contributed by atoms with Crippen LogP contribution in [0.5, 0.6) is 0 Å². The molecule has 3 N–H and O–H groups in total. The fourth-order valence-electron chi connectivity index (χ4n) is 3.32. The fraction of sp³-hybridized carbons (Fsp3) is 0.391. The highest BCUT2D eigenvalue weighted by Gasteiger charge is 2.21. The Morgan fingerprint density at radius 1 is 1.10 bits per heavy atom. The molecule has 0 bridgehead atoms. The Balaban J connectivity index is 1.42. The van der Waals surface area contributed by atoms with Crippen molar-refractivity contribution in [2.24, 2.45) is 0 Å². The number of hydrogen-bond acceptors (Lipinski definition) is 4. The summed E-state index contributed by atoms with van der Waals surface area (Å²) < 4.78 is 5.79. The van der Waals surface area contributed by atoms with Gasteiger partial charge >= 0.3 is 6.03 Å². The summed E-state index contributed by atoms with van der Waals surface area (Å²) in [6.07, 6.45) is -0.0460. The SMILES string of the molecule is CC(C)NC(=O)c1ccc(NC(=O)NCC2CN(Cc3ccccc3)CCO2)cc1. The Morgan fingerprint density at radius 3 is 2.53 bits per heavy atom. The molecule has 1 heterocycles. The van der Waals surface area contributed by atoms with Crippen LogP contribution in [0.1, 0.15) is 29.8 Å². The summed E-state index contributed by atoms with van der Waals surface area (Å²) in [5, 5.41) is 8.49. The van der Waals surface area contributed by atoms with Crippen LogP contribution < -0.4 is 16.0 Å². The second-order valence-electron chi connectivity index (χ2n) is 7.75. The molecule has 2 aromatic carbocycles. The Hall–Kier alpha value is -2.90. The van der Waals surface area contributed by atoms with E-state index >= 15 is 0 Å². The average molecular weight is 411 g/mol. The molecule has 1 fully saturated rings. The van der Waals surface area contributed by atoms with Gasteiger partial charge in [-0.1, -0.05) is 30.3 Å². The van der Waals surface area contributed by atoms with Crippen LogP contribution in [0, 0.1) is 0 Å². The number of morpholine rings is 1. The second-order valence-corrected chi connectivity index (χ2v) is 7.75. The number of carbonyl (C=O) groups excluding carboxylic acids is 2. The summed E-state index contributed by atoms with van der Waals surface area (Å²) in [5.74, 6) is -0.129. The van der Waals surface area contributed by atoms with Crippen LogP contribution in [0.15, 0.2) is 54.6 Å². The van der Waals surface area contributed by atoms with Gasteiger partial charge in [0.1, 0.15) is 0 Å². The van der Waals surface area contributed by atoms with E-state index < -0.39 is 0 Å². The number of hydrogen-bond donors (Lipinski definition) is 3. The highest BCUT2D eigenvalue weighted by Crippen LogP contribution is 2.11. The van der Waals surface area contributed by atoms with Crippen molar-refractivity contribution in [1.82, 2.24) is 15.5 Å². The van der Waals surface area contributed by atoms with Crippen LogP contribution in [-0.4, -0.2) is 55.2 Å². The molecule has 2 aromatic rings. The van der Waals surface area contributed by atoms with Gasteiger partial charge in [0.05, 0.1) is 12.7 Å². The lowest BCUT2D eigenvalue weighted by molar-refractivity contribution is -0.0285. The zero-order chi connectivity index (χ0) is 21.3. The van der Waals surface area contributed by atoms with E-state index in [-0.39, 0.29) is 24.1 Å². The predicted octanol–water partition coefficient (Wildman–Crippen LogP) is 2.85. The fourth-order valence-corrected chi connectivity index (χ4v) is 3.32. The molecule has 7 heteroatoms. The van der Waals surface area contributed by atoms with E-state index in [1.165, 1.54) is 5.56 Å². The van der Waals surface area contributed by atoms with E-state index in [0.29, 0.717) is 24.4 Å². The summed E-state index contributed by atoms with van der Waals surface area (Å²) in [7, 11) is 0. The van der Waals surface area contributed by atoms with Crippen LogP contribution in [-0.2, 0) is 11.3 Å². The monoisotopic (exact) mass is 410 g/mol. The van der Waals surface area contributed by atoms with Gasteiger partial charge in [-0.15, -0.1) is 0 Å². The lowest BCUT2D eigenvalue weighted by atomic mass is 10.2. The molecule has 1 aliphatic heterocycles. The minimum absolute atomic E-state index is 0.0460. The summed E-state index contributed by atoms with van der Waals surface area (Å²) in [4.78, 5) is 26.5. The first-order valence-corrected chi connectivity index (χ1v) is 10.3. The third kappa shape index (κ3) is 6.86. The van der Waals surface area contributed by atoms with Gasteiger partial charge in [-0.25, -0.2) is 4.79 Å². The first-order chi connectivity index (χ1) is 14.5. The molecule has 1 aliphatic rings. The number of nitrogens with zero attached hydrogens (tertiary/aromatic N) is 1. The van der Waals surface area contributed by atoms with Gasteiger partial charge in [0.25, 0.3) is 5.91 Å². The van der Waals surface area contributed by atoms with Gasteiger partial charge in [-0.3, -0.25) is 9.69 Å². The zero-order valence-electron chi connectivity index (χ0n) is 17.6. The van der Waals surface area contributed by atoms with Gasteiger partial charge in [0.15, 0.2) is 0 Å². The molecule has 1 unspecified atom stereocenters. The normalized spacial score (nSPS) is 16.8. The molecule has 0 radical (unpaired) electrons. The Bertz CT molecular complexity index is 824. The van der Waals surface area contributed by atoms with E-state index in [1.807, 2.05) is 32.0 Å². The molecule has 0 spiro atoms. The van der Waals surface area contributed by atoms with Crippen LogP contribution >= 0.6 is 0 Å².